The fourth-order valence-electron chi connectivity index (χ4n) is 2.16. The summed E-state index contributed by atoms with van der Waals surface area (Å²) >= 11 is 5.51. The summed E-state index contributed by atoms with van der Waals surface area (Å²) < 4.78 is 0. The highest BCUT2D eigenvalue weighted by Gasteiger charge is 2.22. The zero-order valence-electron chi connectivity index (χ0n) is 9.17. The molecule has 82 valence electrons. The van der Waals surface area contributed by atoms with Gasteiger partial charge in [0, 0.05) is 24.2 Å². The van der Waals surface area contributed by atoms with Crippen LogP contribution >= 0.6 is 11.6 Å². The minimum Gasteiger partial charge on any atom is -0.317 e. The van der Waals surface area contributed by atoms with Gasteiger partial charge in [0.1, 0.15) is 0 Å². The predicted octanol–water partition coefficient (Wildman–Crippen LogP) is 2.20. The number of nitrogens with zero attached hydrogens (tertiary/aromatic N) is 1. The first-order valence-corrected chi connectivity index (χ1v) is 5.84. The van der Waals surface area contributed by atoms with Crippen LogP contribution < -0.4 is 5.32 Å². The van der Waals surface area contributed by atoms with Crippen molar-refractivity contribution in [2.45, 2.75) is 37.8 Å². The maximum Gasteiger partial charge on any atom is 0.0174 e. The highest BCUT2D eigenvalue weighted by Crippen LogP contribution is 2.21. The van der Waals surface area contributed by atoms with Crippen LogP contribution in [0.1, 0.15) is 25.7 Å². The molecule has 1 aliphatic rings. The van der Waals surface area contributed by atoms with Gasteiger partial charge >= 0.3 is 0 Å². The molecule has 3 heteroatoms. The van der Waals surface area contributed by atoms with E-state index in [4.69, 9.17) is 11.6 Å². The predicted molar refractivity (Wildman–Crippen MR) is 62.7 cm³/mol. The van der Waals surface area contributed by atoms with Crippen molar-refractivity contribution in [2.24, 2.45) is 0 Å². The monoisotopic (exact) mass is 216 g/mol. The van der Waals surface area contributed by atoms with Gasteiger partial charge < -0.3 is 5.32 Å². The number of nitrogens with one attached hydrogen (secondary N) is 1. The Kier molecular flexibility index (Phi) is 5.53. The molecule has 0 aromatic carbocycles. The van der Waals surface area contributed by atoms with Crippen LogP contribution in [-0.2, 0) is 0 Å². The van der Waals surface area contributed by atoms with Gasteiger partial charge in [0.15, 0.2) is 0 Å². The lowest BCUT2D eigenvalue weighted by atomic mass is 9.90. The van der Waals surface area contributed by atoms with Crippen LogP contribution in [0.5, 0.6) is 0 Å². The Balaban J connectivity index is 2.26. The number of rotatable bonds is 4. The van der Waals surface area contributed by atoms with Crippen molar-refractivity contribution in [1.29, 1.82) is 0 Å². The molecule has 0 spiro atoms. The van der Waals surface area contributed by atoms with Crippen molar-refractivity contribution in [1.82, 2.24) is 10.2 Å². The highest BCUT2D eigenvalue weighted by atomic mass is 35.5. The first-order valence-electron chi connectivity index (χ1n) is 5.40. The molecule has 1 fully saturated rings. The first kappa shape index (κ1) is 12.0. The van der Waals surface area contributed by atoms with Crippen molar-refractivity contribution < 1.29 is 0 Å². The Hall–Kier alpha value is -0.0500. The zero-order valence-corrected chi connectivity index (χ0v) is 9.93. The van der Waals surface area contributed by atoms with E-state index in [1.807, 2.05) is 6.08 Å². The molecule has 14 heavy (non-hydrogen) atoms. The Morgan fingerprint density at radius 2 is 2.00 bits per heavy atom. The standard InChI is InChI=1S/C11H21ClN2/c1-13-10-4-6-11(7-5-10)14(2)9-3-8-12/h3,8,10-11,13H,4-7,9H2,1-2H3. The summed E-state index contributed by atoms with van der Waals surface area (Å²) in [4.78, 5) is 2.39. The molecule has 0 atom stereocenters. The topological polar surface area (TPSA) is 15.3 Å². The summed E-state index contributed by atoms with van der Waals surface area (Å²) in [5, 5.41) is 3.35. The molecular formula is C11H21ClN2. The number of hydrogen-bond donors (Lipinski definition) is 1. The van der Waals surface area contributed by atoms with Gasteiger partial charge in [-0.25, -0.2) is 0 Å². The second kappa shape index (κ2) is 6.44. The van der Waals surface area contributed by atoms with Gasteiger partial charge in [0.05, 0.1) is 0 Å². The minimum atomic E-state index is 0.739. The van der Waals surface area contributed by atoms with Crippen molar-refractivity contribution >= 4 is 11.6 Å². The minimum absolute atomic E-state index is 0.739. The Labute approximate surface area is 92.3 Å². The molecule has 0 saturated heterocycles. The third-order valence-electron chi connectivity index (χ3n) is 3.21. The van der Waals surface area contributed by atoms with Gasteiger partial charge in [0.2, 0.25) is 0 Å². The van der Waals surface area contributed by atoms with E-state index < -0.39 is 0 Å². The molecule has 2 nitrogen and oxygen atoms in total. The molecule has 0 aromatic heterocycles. The van der Waals surface area contributed by atoms with E-state index in [-0.39, 0.29) is 0 Å². The highest BCUT2D eigenvalue weighted by molar-refractivity contribution is 6.25. The van der Waals surface area contributed by atoms with Gasteiger partial charge in [0.25, 0.3) is 0 Å². The number of hydrogen-bond acceptors (Lipinski definition) is 2. The van der Waals surface area contributed by atoms with Crippen molar-refractivity contribution in [3.63, 3.8) is 0 Å². The lowest BCUT2D eigenvalue weighted by Gasteiger charge is -2.34. The Morgan fingerprint density at radius 1 is 1.36 bits per heavy atom. The van der Waals surface area contributed by atoms with Crippen molar-refractivity contribution in [2.75, 3.05) is 20.6 Å². The van der Waals surface area contributed by atoms with Crippen LogP contribution in [-0.4, -0.2) is 37.6 Å². The van der Waals surface area contributed by atoms with E-state index >= 15 is 0 Å². The van der Waals surface area contributed by atoms with Crippen LogP contribution in [0.25, 0.3) is 0 Å². The van der Waals surface area contributed by atoms with Gasteiger partial charge in [-0.05, 0) is 39.8 Å². The molecule has 1 aliphatic carbocycles. The van der Waals surface area contributed by atoms with E-state index in [0.29, 0.717) is 0 Å². The summed E-state index contributed by atoms with van der Waals surface area (Å²) in [6, 6.07) is 1.48. The summed E-state index contributed by atoms with van der Waals surface area (Å²) in [6.45, 7) is 0.971. The molecule has 0 radical (unpaired) electrons. The quantitative estimate of drug-likeness (QED) is 0.775. The fourth-order valence-corrected chi connectivity index (χ4v) is 2.24. The zero-order chi connectivity index (χ0) is 10.4. The molecule has 0 bridgehead atoms. The molecular weight excluding hydrogens is 196 g/mol. The lowest BCUT2D eigenvalue weighted by molar-refractivity contribution is 0.191. The Morgan fingerprint density at radius 3 is 2.50 bits per heavy atom. The van der Waals surface area contributed by atoms with Crippen LogP contribution in [0, 0.1) is 0 Å². The maximum atomic E-state index is 5.51. The van der Waals surface area contributed by atoms with E-state index in [9.17, 15) is 0 Å². The van der Waals surface area contributed by atoms with Gasteiger partial charge in [-0.1, -0.05) is 17.7 Å². The number of likely N-dealkylation sites (N-methyl/N-ethyl adjacent to an activating group) is 1. The molecule has 0 aromatic rings. The average Bonchev–Trinajstić information content (AvgIpc) is 2.26. The SMILES string of the molecule is CNC1CCC(N(C)CC=CCl)CC1. The molecule has 0 unspecified atom stereocenters. The summed E-state index contributed by atoms with van der Waals surface area (Å²) in [5.74, 6) is 0. The van der Waals surface area contributed by atoms with Crippen molar-refractivity contribution in [3.8, 4) is 0 Å². The molecule has 0 amide bonds. The van der Waals surface area contributed by atoms with Gasteiger partial charge in [-0.2, -0.15) is 0 Å². The van der Waals surface area contributed by atoms with Crippen LogP contribution in [0.15, 0.2) is 11.6 Å². The van der Waals surface area contributed by atoms with Crippen LogP contribution in [0.4, 0.5) is 0 Å². The molecule has 1 rings (SSSR count). The Bertz CT molecular complexity index is 174. The van der Waals surface area contributed by atoms with Gasteiger partial charge in [-0.15, -0.1) is 0 Å². The van der Waals surface area contributed by atoms with E-state index in [1.165, 1.54) is 25.7 Å². The third kappa shape index (κ3) is 3.60. The second-order valence-corrected chi connectivity index (χ2v) is 4.35. The van der Waals surface area contributed by atoms with E-state index in [0.717, 1.165) is 18.6 Å². The largest absolute Gasteiger partial charge is 0.317 e. The molecule has 1 saturated carbocycles. The molecule has 1 N–H and O–H groups in total. The summed E-state index contributed by atoms with van der Waals surface area (Å²) in [5.41, 5.74) is 1.61. The average molecular weight is 217 g/mol. The number of halogens is 1. The van der Waals surface area contributed by atoms with E-state index in [2.05, 4.69) is 24.3 Å². The van der Waals surface area contributed by atoms with E-state index in [1.54, 1.807) is 5.54 Å². The van der Waals surface area contributed by atoms with Crippen LogP contribution in [0.3, 0.4) is 0 Å². The first-order chi connectivity index (χ1) is 6.77. The normalized spacial score (nSPS) is 28.9. The fraction of sp³-hybridized carbons (Fsp3) is 0.818. The summed E-state index contributed by atoms with van der Waals surface area (Å²) in [7, 11) is 4.24. The summed E-state index contributed by atoms with van der Waals surface area (Å²) in [6.07, 6.45) is 7.22. The lowest BCUT2D eigenvalue weighted by Crippen LogP contribution is -2.39. The van der Waals surface area contributed by atoms with Crippen LogP contribution in [0.2, 0.25) is 0 Å². The second-order valence-electron chi connectivity index (χ2n) is 4.10. The smallest absolute Gasteiger partial charge is 0.0174 e. The molecule has 0 heterocycles. The maximum absolute atomic E-state index is 5.51. The molecule has 0 aliphatic heterocycles. The van der Waals surface area contributed by atoms with Crippen molar-refractivity contribution in [3.05, 3.63) is 11.6 Å². The third-order valence-corrected chi connectivity index (χ3v) is 3.39. The van der Waals surface area contributed by atoms with Gasteiger partial charge in [-0.3, -0.25) is 4.90 Å².